The van der Waals surface area contributed by atoms with Crippen LogP contribution < -0.4 is 10.1 Å². The summed E-state index contributed by atoms with van der Waals surface area (Å²) in [5, 5.41) is 2.29. The maximum Gasteiger partial charge on any atom is 0.329 e. The first kappa shape index (κ1) is 23.6. The van der Waals surface area contributed by atoms with E-state index in [9.17, 15) is 14.4 Å². The van der Waals surface area contributed by atoms with Gasteiger partial charge in [0.1, 0.15) is 29.8 Å². The highest BCUT2D eigenvalue weighted by molar-refractivity contribution is 8.00. The van der Waals surface area contributed by atoms with Crippen LogP contribution in [-0.2, 0) is 19.1 Å². The molecule has 2 amide bonds. The lowest BCUT2D eigenvalue weighted by molar-refractivity contribution is -0.163. The van der Waals surface area contributed by atoms with Crippen LogP contribution in [0.5, 0.6) is 5.75 Å². The van der Waals surface area contributed by atoms with Crippen LogP contribution in [0.1, 0.15) is 6.92 Å². The minimum atomic E-state index is -1.74. The number of hydrogen-bond acceptors (Lipinski definition) is 6. The zero-order valence-electron chi connectivity index (χ0n) is 15.6. The second-order valence-corrected chi connectivity index (χ2v) is 10.9. The van der Waals surface area contributed by atoms with Crippen LogP contribution >= 0.6 is 58.2 Å². The number of thioether (sulfide) groups is 1. The van der Waals surface area contributed by atoms with E-state index in [1.54, 1.807) is 31.2 Å². The number of carbonyl (C=O) groups excluding carboxylic acids is 3. The van der Waals surface area contributed by atoms with Crippen molar-refractivity contribution in [3.8, 4) is 5.75 Å². The number of hydrogen-bond donors (Lipinski definition) is 1. The molecule has 1 N–H and O–H groups in total. The Morgan fingerprint density at radius 3 is 2.53 bits per heavy atom. The van der Waals surface area contributed by atoms with Crippen LogP contribution in [0.3, 0.4) is 0 Å². The summed E-state index contributed by atoms with van der Waals surface area (Å²) in [6.45, 7) is 1.12. The third-order valence-corrected chi connectivity index (χ3v) is 6.79. The van der Waals surface area contributed by atoms with Gasteiger partial charge in [-0.05, 0) is 19.1 Å². The second-order valence-electron chi connectivity index (χ2n) is 6.94. The number of carbonyl (C=O) groups is 3. The molecule has 0 radical (unpaired) electrons. The van der Waals surface area contributed by atoms with Crippen molar-refractivity contribution in [3.05, 3.63) is 30.3 Å². The largest absolute Gasteiger partial charge is 0.476 e. The number of nitrogens with one attached hydrogen (secondary N) is 1. The fraction of sp³-hybridized carbons (Fsp3) is 0.500. The number of alkyl halides is 4. The van der Waals surface area contributed by atoms with Gasteiger partial charge in [-0.15, -0.1) is 23.4 Å². The van der Waals surface area contributed by atoms with Gasteiger partial charge in [-0.2, -0.15) is 0 Å². The number of amides is 2. The van der Waals surface area contributed by atoms with Crippen LogP contribution in [0.25, 0.3) is 0 Å². The molecule has 4 atom stereocenters. The van der Waals surface area contributed by atoms with E-state index in [0.717, 1.165) is 0 Å². The van der Waals surface area contributed by atoms with Gasteiger partial charge < -0.3 is 19.7 Å². The summed E-state index contributed by atoms with van der Waals surface area (Å²) in [5.74, 6) is -0.915. The predicted molar refractivity (Wildman–Crippen MR) is 116 cm³/mol. The quantitative estimate of drug-likeness (QED) is 0.341. The van der Waals surface area contributed by atoms with Gasteiger partial charge in [0, 0.05) is 5.75 Å². The number of para-hydroxylation sites is 1. The van der Waals surface area contributed by atoms with Gasteiger partial charge in [-0.3, -0.25) is 9.59 Å². The Morgan fingerprint density at radius 1 is 1.27 bits per heavy atom. The van der Waals surface area contributed by atoms with Gasteiger partial charge in [0.25, 0.3) is 5.91 Å². The standard InChI is InChI=1S/C18H18Cl4N2O5S/c1-17(8-19,29-10-5-3-2-4-6-10)16(27)23-12-13(25)24-11(7-30-14(12)24)15(26)28-9-18(20,21)22/h2-6,11-12,14H,7-9H2,1H3,(H,23,27). The highest BCUT2D eigenvalue weighted by Gasteiger charge is 2.58. The lowest BCUT2D eigenvalue weighted by Crippen LogP contribution is -2.72. The molecule has 12 heteroatoms. The maximum atomic E-state index is 12.8. The SMILES string of the molecule is CC(CCl)(Oc1ccccc1)C(=O)NC1C(=O)N2C(C(=O)OCC(Cl)(Cl)Cl)CSC12. The molecule has 164 valence electrons. The van der Waals surface area contributed by atoms with Crippen molar-refractivity contribution in [3.63, 3.8) is 0 Å². The summed E-state index contributed by atoms with van der Waals surface area (Å²) in [4.78, 5) is 39.0. The van der Waals surface area contributed by atoms with Crippen molar-refractivity contribution in [2.24, 2.45) is 0 Å². The fourth-order valence-corrected chi connectivity index (χ4v) is 4.81. The number of β-lactam (4-membered cyclic amide) rings is 1. The Morgan fingerprint density at radius 2 is 1.93 bits per heavy atom. The van der Waals surface area contributed by atoms with Crippen LogP contribution in [-0.4, -0.2) is 67.8 Å². The molecule has 0 aliphatic carbocycles. The summed E-state index contributed by atoms with van der Waals surface area (Å²) < 4.78 is 9.01. The molecule has 2 aliphatic heterocycles. The van der Waals surface area contributed by atoms with Gasteiger partial charge in [-0.1, -0.05) is 53.0 Å². The van der Waals surface area contributed by atoms with Crippen molar-refractivity contribution in [2.75, 3.05) is 18.2 Å². The Bertz CT molecular complexity index is 825. The number of esters is 1. The molecule has 0 bridgehead atoms. The molecule has 7 nitrogen and oxygen atoms in total. The lowest BCUT2D eigenvalue weighted by Gasteiger charge is -2.44. The average molecular weight is 516 g/mol. The summed E-state index contributed by atoms with van der Waals surface area (Å²) >= 11 is 24.1. The van der Waals surface area contributed by atoms with Crippen molar-refractivity contribution >= 4 is 75.9 Å². The Hall–Kier alpha value is -1.06. The third kappa shape index (κ3) is 5.05. The number of ether oxygens (including phenoxy) is 2. The summed E-state index contributed by atoms with van der Waals surface area (Å²) in [6, 6.07) is 7.17. The molecule has 2 aliphatic rings. The van der Waals surface area contributed by atoms with E-state index in [2.05, 4.69) is 5.32 Å². The van der Waals surface area contributed by atoms with Gasteiger partial charge in [0.2, 0.25) is 9.70 Å². The molecule has 0 spiro atoms. The Kier molecular flexibility index (Phi) is 7.24. The molecular formula is C18H18Cl4N2O5S. The van der Waals surface area contributed by atoms with Crippen molar-refractivity contribution in [1.82, 2.24) is 10.2 Å². The van der Waals surface area contributed by atoms with Crippen LogP contribution in [0, 0.1) is 0 Å². The molecular weight excluding hydrogens is 498 g/mol. The molecule has 1 aromatic rings. The highest BCUT2D eigenvalue weighted by Crippen LogP contribution is 2.40. The van der Waals surface area contributed by atoms with E-state index < -0.39 is 51.2 Å². The number of halogens is 4. The fourth-order valence-electron chi connectivity index (χ4n) is 3.00. The number of nitrogens with zero attached hydrogens (tertiary/aromatic N) is 1. The first-order valence-corrected chi connectivity index (χ1v) is 11.6. The summed E-state index contributed by atoms with van der Waals surface area (Å²) in [5.41, 5.74) is -1.38. The Labute approximate surface area is 197 Å². The molecule has 0 aromatic heterocycles. The van der Waals surface area contributed by atoms with E-state index in [4.69, 9.17) is 55.9 Å². The molecule has 30 heavy (non-hydrogen) atoms. The van der Waals surface area contributed by atoms with Crippen LogP contribution in [0.15, 0.2) is 30.3 Å². The highest BCUT2D eigenvalue weighted by atomic mass is 35.6. The van der Waals surface area contributed by atoms with E-state index >= 15 is 0 Å². The molecule has 2 heterocycles. The average Bonchev–Trinajstić information content (AvgIpc) is 3.10. The normalized spacial score (nSPS) is 25.0. The number of fused-ring (bicyclic) bond motifs is 1. The number of benzene rings is 1. The zero-order valence-corrected chi connectivity index (χ0v) is 19.5. The topological polar surface area (TPSA) is 84.9 Å². The monoisotopic (exact) mass is 514 g/mol. The third-order valence-electron chi connectivity index (χ3n) is 4.60. The van der Waals surface area contributed by atoms with E-state index in [1.165, 1.54) is 16.7 Å². The smallest absolute Gasteiger partial charge is 0.329 e. The van der Waals surface area contributed by atoms with Gasteiger partial charge in [0.15, 0.2) is 5.60 Å². The molecule has 0 saturated carbocycles. The lowest BCUT2D eigenvalue weighted by atomic mass is 10.0. The summed E-state index contributed by atoms with van der Waals surface area (Å²) in [7, 11) is 0. The van der Waals surface area contributed by atoms with E-state index in [1.807, 2.05) is 6.07 Å². The predicted octanol–water partition coefficient (Wildman–Crippen LogP) is 2.74. The van der Waals surface area contributed by atoms with E-state index in [0.29, 0.717) is 11.5 Å². The molecule has 1 aromatic carbocycles. The van der Waals surface area contributed by atoms with E-state index in [-0.39, 0.29) is 5.88 Å². The van der Waals surface area contributed by atoms with Gasteiger partial charge >= 0.3 is 5.97 Å². The zero-order chi connectivity index (χ0) is 22.1. The van der Waals surface area contributed by atoms with Crippen LogP contribution in [0.2, 0.25) is 0 Å². The van der Waals surface area contributed by atoms with Crippen LogP contribution in [0.4, 0.5) is 0 Å². The number of rotatable bonds is 7. The minimum absolute atomic E-state index is 0.123. The molecule has 3 rings (SSSR count). The van der Waals surface area contributed by atoms with Crippen molar-refractivity contribution < 1.29 is 23.9 Å². The first-order chi connectivity index (χ1) is 14.1. The first-order valence-electron chi connectivity index (χ1n) is 8.84. The minimum Gasteiger partial charge on any atom is -0.476 e. The second kappa shape index (κ2) is 9.20. The van der Waals surface area contributed by atoms with Gasteiger partial charge in [-0.25, -0.2) is 4.79 Å². The summed E-state index contributed by atoms with van der Waals surface area (Å²) in [6.07, 6.45) is 0. The molecule has 2 saturated heterocycles. The van der Waals surface area contributed by atoms with Crippen molar-refractivity contribution in [1.29, 1.82) is 0 Å². The van der Waals surface area contributed by atoms with Gasteiger partial charge in [0.05, 0.1) is 5.88 Å². The molecule has 4 unspecified atom stereocenters. The molecule has 2 fully saturated rings. The Balaban J connectivity index is 1.60. The van der Waals surface area contributed by atoms with Crippen molar-refractivity contribution in [2.45, 2.75) is 33.8 Å². The maximum absolute atomic E-state index is 12.8.